The van der Waals surface area contributed by atoms with E-state index in [2.05, 4.69) is 19.1 Å². The summed E-state index contributed by atoms with van der Waals surface area (Å²) >= 11 is 0. The van der Waals surface area contributed by atoms with Crippen LogP contribution in [0.2, 0.25) is 0 Å². The van der Waals surface area contributed by atoms with Crippen LogP contribution in [0.15, 0.2) is 30.3 Å². The fraction of sp³-hybridized carbons (Fsp3) is 0.611. The largest absolute Gasteiger partial charge is 0.338 e. The SMILES string of the molecule is CCCN(Cc1ccccc1)C(=O)CC1CCCCC1N. The maximum atomic E-state index is 12.6. The quantitative estimate of drug-likeness (QED) is 0.872. The number of hydrogen-bond acceptors (Lipinski definition) is 2. The van der Waals surface area contributed by atoms with Gasteiger partial charge in [-0.25, -0.2) is 0 Å². The Morgan fingerprint density at radius 2 is 1.95 bits per heavy atom. The fourth-order valence-electron chi connectivity index (χ4n) is 3.21. The highest BCUT2D eigenvalue weighted by Crippen LogP contribution is 2.26. The molecule has 0 radical (unpaired) electrons. The van der Waals surface area contributed by atoms with Gasteiger partial charge < -0.3 is 10.6 Å². The van der Waals surface area contributed by atoms with Crippen LogP contribution in [0.5, 0.6) is 0 Å². The highest BCUT2D eigenvalue weighted by molar-refractivity contribution is 5.76. The molecule has 21 heavy (non-hydrogen) atoms. The predicted octanol–water partition coefficient (Wildman–Crippen LogP) is 3.33. The number of carbonyl (C=O) groups is 1. The van der Waals surface area contributed by atoms with Crippen molar-refractivity contribution in [2.45, 2.75) is 58.0 Å². The maximum Gasteiger partial charge on any atom is 0.223 e. The molecule has 3 nitrogen and oxygen atoms in total. The third-order valence-electron chi connectivity index (χ3n) is 4.47. The van der Waals surface area contributed by atoms with E-state index >= 15 is 0 Å². The highest BCUT2D eigenvalue weighted by atomic mass is 16.2. The van der Waals surface area contributed by atoms with Crippen LogP contribution in [0.25, 0.3) is 0 Å². The van der Waals surface area contributed by atoms with E-state index in [1.807, 2.05) is 23.1 Å². The summed E-state index contributed by atoms with van der Waals surface area (Å²) in [5.74, 6) is 0.643. The molecule has 1 aliphatic carbocycles. The predicted molar refractivity (Wildman–Crippen MR) is 86.7 cm³/mol. The van der Waals surface area contributed by atoms with Gasteiger partial charge in [-0.2, -0.15) is 0 Å². The molecule has 0 saturated heterocycles. The number of nitrogens with zero attached hydrogens (tertiary/aromatic N) is 1. The van der Waals surface area contributed by atoms with Crippen molar-refractivity contribution in [3.63, 3.8) is 0 Å². The van der Waals surface area contributed by atoms with Crippen molar-refractivity contribution in [2.24, 2.45) is 11.7 Å². The average Bonchev–Trinajstić information content (AvgIpc) is 2.50. The van der Waals surface area contributed by atoms with Gasteiger partial charge in [-0.15, -0.1) is 0 Å². The molecular weight excluding hydrogens is 260 g/mol. The normalized spacial score (nSPS) is 22.0. The third-order valence-corrected chi connectivity index (χ3v) is 4.47. The van der Waals surface area contributed by atoms with Gasteiger partial charge in [0.25, 0.3) is 0 Å². The summed E-state index contributed by atoms with van der Waals surface area (Å²) < 4.78 is 0. The molecule has 0 aliphatic heterocycles. The first-order valence-corrected chi connectivity index (χ1v) is 8.28. The van der Waals surface area contributed by atoms with E-state index in [0.717, 1.165) is 32.4 Å². The Balaban J connectivity index is 1.95. The molecular formula is C18H28N2O. The van der Waals surface area contributed by atoms with E-state index < -0.39 is 0 Å². The van der Waals surface area contributed by atoms with Crippen LogP contribution in [-0.2, 0) is 11.3 Å². The van der Waals surface area contributed by atoms with Gasteiger partial charge in [0.05, 0.1) is 0 Å². The molecule has 2 atom stereocenters. The molecule has 2 unspecified atom stereocenters. The van der Waals surface area contributed by atoms with Crippen LogP contribution in [0.4, 0.5) is 0 Å². The lowest BCUT2D eigenvalue weighted by atomic mass is 9.82. The summed E-state index contributed by atoms with van der Waals surface area (Å²) in [5.41, 5.74) is 7.38. The summed E-state index contributed by atoms with van der Waals surface area (Å²) in [6.45, 7) is 3.67. The van der Waals surface area contributed by atoms with Crippen molar-refractivity contribution in [3.8, 4) is 0 Å². The van der Waals surface area contributed by atoms with Crippen LogP contribution < -0.4 is 5.73 Å². The number of hydrogen-bond donors (Lipinski definition) is 1. The molecule has 2 N–H and O–H groups in total. The zero-order valence-electron chi connectivity index (χ0n) is 13.1. The van der Waals surface area contributed by atoms with Gasteiger partial charge in [-0.3, -0.25) is 4.79 Å². The van der Waals surface area contributed by atoms with E-state index in [4.69, 9.17) is 5.73 Å². The number of amides is 1. The van der Waals surface area contributed by atoms with Crippen molar-refractivity contribution >= 4 is 5.91 Å². The monoisotopic (exact) mass is 288 g/mol. The Bertz CT molecular complexity index is 432. The van der Waals surface area contributed by atoms with Crippen LogP contribution in [0.3, 0.4) is 0 Å². The number of benzene rings is 1. The van der Waals surface area contributed by atoms with Gasteiger partial charge in [0.15, 0.2) is 0 Å². The first-order valence-electron chi connectivity index (χ1n) is 8.28. The van der Waals surface area contributed by atoms with Crippen molar-refractivity contribution in [1.82, 2.24) is 4.90 Å². The molecule has 116 valence electrons. The van der Waals surface area contributed by atoms with Crippen LogP contribution in [0, 0.1) is 5.92 Å². The smallest absolute Gasteiger partial charge is 0.223 e. The van der Waals surface area contributed by atoms with Crippen LogP contribution in [-0.4, -0.2) is 23.4 Å². The molecule has 0 spiro atoms. The first-order chi connectivity index (χ1) is 10.2. The average molecular weight is 288 g/mol. The van der Waals surface area contributed by atoms with Crippen molar-refractivity contribution in [1.29, 1.82) is 0 Å². The van der Waals surface area contributed by atoms with Gasteiger partial charge in [0.2, 0.25) is 5.91 Å². The van der Waals surface area contributed by atoms with Crippen molar-refractivity contribution in [3.05, 3.63) is 35.9 Å². The molecule has 2 rings (SSSR count). The van der Waals surface area contributed by atoms with Gasteiger partial charge in [0.1, 0.15) is 0 Å². The standard InChI is InChI=1S/C18H28N2O/c1-2-12-20(14-15-8-4-3-5-9-15)18(21)13-16-10-6-7-11-17(16)19/h3-5,8-9,16-17H,2,6-7,10-14,19H2,1H3. The lowest BCUT2D eigenvalue weighted by Gasteiger charge is -2.30. The van der Waals surface area contributed by atoms with Crippen molar-refractivity contribution < 1.29 is 4.79 Å². The Morgan fingerprint density at radius 1 is 1.24 bits per heavy atom. The number of rotatable bonds is 6. The molecule has 1 aliphatic rings. The Hall–Kier alpha value is -1.35. The van der Waals surface area contributed by atoms with Gasteiger partial charge in [-0.05, 0) is 30.7 Å². The first kappa shape index (κ1) is 16.0. The summed E-state index contributed by atoms with van der Waals surface area (Å²) in [5, 5.41) is 0. The molecule has 0 bridgehead atoms. The molecule has 0 aromatic heterocycles. The van der Waals surface area contributed by atoms with E-state index in [1.54, 1.807) is 0 Å². The molecule has 0 heterocycles. The lowest BCUT2D eigenvalue weighted by Crippen LogP contribution is -2.39. The minimum atomic E-state index is 0.211. The van der Waals surface area contributed by atoms with E-state index in [9.17, 15) is 4.79 Å². The van der Waals surface area contributed by atoms with Gasteiger partial charge in [0, 0.05) is 25.6 Å². The zero-order chi connectivity index (χ0) is 15.1. The second-order valence-corrected chi connectivity index (χ2v) is 6.21. The maximum absolute atomic E-state index is 12.6. The summed E-state index contributed by atoms with van der Waals surface area (Å²) in [6, 6.07) is 10.5. The van der Waals surface area contributed by atoms with Gasteiger partial charge in [-0.1, -0.05) is 50.1 Å². The highest BCUT2D eigenvalue weighted by Gasteiger charge is 2.26. The molecule has 1 fully saturated rings. The number of carbonyl (C=O) groups excluding carboxylic acids is 1. The van der Waals surface area contributed by atoms with Crippen LogP contribution >= 0.6 is 0 Å². The fourth-order valence-corrected chi connectivity index (χ4v) is 3.21. The minimum Gasteiger partial charge on any atom is -0.338 e. The molecule has 1 saturated carbocycles. The zero-order valence-corrected chi connectivity index (χ0v) is 13.1. The van der Waals surface area contributed by atoms with E-state index in [1.165, 1.54) is 18.4 Å². The second kappa shape index (κ2) is 8.18. The number of nitrogens with two attached hydrogens (primary N) is 1. The molecule has 1 aromatic rings. The summed E-state index contributed by atoms with van der Waals surface area (Å²) in [6.07, 6.45) is 6.23. The molecule has 3 heteroatoms. The second-order valence-electron chi connectivity index (χ2n) is 6.21. The van der Waals surface area contributed by atoms with Crippen molar-refractivity contribution in [2.75, 3.05) is 6.54 Å². The topological polar surface area (TPSA) is 46.3 Å². The van der Waals surface area contributed by atoms with E-state index in [-0.39, 0.29) is 11.9 Å². The third kappa shape index (κ3) is 4.85. The van der Waals surface area contributed by atoms with E-state index in [0.29, 0.717) is 12.3 Å². The summed E-state index contributed by atoms with van der Waals surface area (Å²) in [7, 11) is 0. The molecule has 1 aromatic carbocycles. The molecule has 1 amide bonds. The van der Waals surface area contributed by atoms with Gasteiger partial charge >= 0.3 is 0 Å². The Kier molecular flexibility index (Phi) is 6.24. The Morgan fingerprint density at radius 3 is 2.62 bits per heavy atom. The minimum absolute atomic E-state index is 0.211. The lowest BCUT2D eigenvalue weighted by molar-refractivity contribution is -0.133. The van der Waals surface area contributed by atoms with Crippen LogP contribution in [0.1, 0.15) is 51.0 Å². The summed E-state index contributed by atoms with van der Waals surface area (Å²) in [4.78, 5) is 14.6. The Labute approximate surface area is 128 Å².